The maximum absolute atomic E-state index is 15.5. The zero-order valence-corrected chi connectivity index (χ0v) is 17.8. The smallest absolute Gasteiger partial charge is 0.274 e. The minimum atomic E-state index is -1.37. The van der Waals surface area contributed by atoms with E-state index in [4.69, 9.17) is 11.6 Å². The van der Waals surface area contributed by atoms with E-state index in [-0.39, 0.29) is 12.1 Å². The fraction of sp³-hybridized carbons (Fsp3) is 0.250. The summed E-state index contributed by atoms with van der Waals surface area (Å²) in [5.41, 5.74) is 1.60. The minimum Gasteiger partial charge on any atom is -0.369 e. The van der Waals surface area contributed by atoms with E-state index in [1.807, 2.05) is 36.4 Å². The molecule has 0 saturated heterocycles. The van der Waals surface area contributed by atoms with Crippen LogP contribution in [0.1, 0.15) is 24.1 Å². The van der Waals surface area contributed by atoms with Gasteiger partial charge in [0.15, 0.2) is 0 Å². The van der Waals surface area contributed by atoms with Gasteiger partial charge < -0.3 is 10.2 Å². The number of nitrogens with zero attached hydrogens (tertiary/aromatic N) is 3. The number of fused-ring (bicyclic) bond motifs is 1. The van der Waals surface area contributed by atoms with Crippen molar-refractivity contribution >= 4 is 27.9 Å². The molecule has 1 aromatic heterocycles. The van der Waals surface area contributed by atoms with Crippen molar-refractivity contribution in [3.05, 3.63) is 93.1 Å². The third kappa shape index (κ3) is 3.83. The standard InChI is InChI=1S/C24H22ClFN4O/c1-29-21(27-17-10-11-17)13-12-20(23(29)26)22-18-4-2-3-5-19(18)24(31)30(28-22)14-15-6-8-16(25)9-7-15/h2-9,12-13,17,23,27H,10-11,14H2,1H3. The van der Waals surface area contributed by atoms with Gasteiger partial charge in [0, 0.05) is 29.1 Å². The minimum absolute atomic E-state index is 0.207. The number of rotatable bonds is 5. The highest BCUT2D eigenvalue weighted by molar-refractivity contribution is 6.30. The quantitative estimate of drug-likeness (QED) is 0.605. The predicted octanol–water partition coefficient (Wildman–Crippen LogP) is 4.32. The number of likely N-dealkylation sites (N-methyl/N-ethyl adjacent to an activating group) is 1. The van der Waals surface area contributed by atoms with Gasteiger partial charge in [-0.25, -0.2) is 9.07 Å². The molecule has 5 nitrogen and oxygen atoms in total. The lowest BCUT2D eigenvalue weighted by atomic mass is 10.0. The topological polar surface area (TPSA) is 50.2 Å². The molecule has 1 atom stereocenters. The molecule has 3 aromatic rings. The highest BCUT2D eigenvalue weighted by Gasteiger charge is 2.31. The molecule has 1 fully saturated rings. The Morgan fingerprint density at radius 2 is 1.81 bits per heavy atom. The van der Waals surface area contributed by atoms with Crippen LogP contribution in [0.25, 0.3) is 16.3 Å². The van der Waals surface area contributed by atoms with Crippen molar-refractivity contribution in [3.8, 4) is 0 Å². The first-order chi connectivity index (χ1) is 15.0. The fourth-order valence-electron chi connectivity index (χ4n) is 3.79. The van der Waals surface area contributed by atoms with E-state index in [1.54, 1.807) is 36.2 Å². The Morgan fingerprint density at radius 1 is 1.10 bits per heavy atom. The Hall–Kier alpha value is -3.12. The second-order valence-corrected chi connectivity index (χ2v) is 8.46. The Kier molecular flexibility index (Phi) is 5.02. The van der Waals surface area contributed by atoms with Gasteiger partial charge in [-0.05, 0) is 48.8 Å². The van der Waals surface area contributed by atoms with Gasteiger partial charge >= 0.3 is 0 Å². The van der Waals surface area contributed by atoms with Crippen LogP contribution in [0.5, 0.6) is 0 Å². The van der Waals surface area contributed by atoms with Crippen LogP contribution in [-0.2, 0) is 6.54 Å². The van der Waals surface area contributed by atoms with E-state index >= 15 is 4.39 Å². The van der Waals surface area contributed by atoms with Crippen LogP contribution < -0.4 is 10.9 Å². The normalized spacial score (nSPS) is 18.7. The lowest BCUT2D eigenvalue weighted by Gasteiger charge is -2.31. The second-order valence-electron chi connectivity index (χ2n) is 8.02. The van der Waals surface area contributed by atoms with Crippen molar-refractivity contribution in [1.82, 2.24) is 20.0 Å². The largest absolute Gasteiger partial charge is 0.369 e. The van der Waals surface area contributed by atoms with E-state index in [1.165, 1.54) is 4.68 Å². The highest BCUT2D eigenvalue weighted by Crippen LogP contribution is 2.32. The van der Waals surface area contributed by atoms with E-state index in [0.29, 0.717) is 33.1 Å². The van der Waals surface area contributed by atoms with Gasteiger partial charge in [0.05, 0.1) is 17.6 Å². The average molecular weight is 437 g/mol. The molecule has 7 heteroatoms. The Bertz CT molecular complexity index is 1260. The maximum Gasteiger partial charge on any atom is 0.274 e. The third-order valence-electron chi connectivity index (χ3n) is 5.71. The van der Waals surface area contributed by atoms with Crippen LogP contribution in [0.2, 0.25) is 5.02 Å². The number of hydrogen-bond acceptors (Lipinski definition) is 4. The van der Waals surface area contributed by atoms with Crippen LogP contribution >= 0.6 is 11.6 Å². The van der Waals surface area contributed by atoms with Gasteiger partial charge in [-0.3, -0.25) is 4.79 Å². The summed E-state index contributed by atoms with van der Waals surface area (Å²) in [4.78, 5) is 14.7. The molecule has 1 aliphatic carbocycles. The van der Waals surface area contributed by atoms with Crippen molar-refractivity contribution in [2.75, 3.05) is 7.05 Å². The van der Waals surface area contributed by atoms with E-state index < -0.39 is 6.30 Å². The highest BCUT2D eigenvalue weighted by atomic mass is 35.5. The molecule has 1 saturated carbocycles. The Labute approximate surface area is 184 Å². The summed E-state index contributed by atoms with van der Waals surface area (Å²) in [6.45, 7) is 0.276. The van der Waals surface area contributed by atoms with Crippen molar-refractivity contribution in [2.24, 2.45) is 0 Å². The summed E-state index contributed by atoms with van der Waals surface area (Å²) < 4.78 is 16.9. The van der Waals surface area contributed by atoms with Crippen LogP contribution in [0, 0.1) is 0 Å². The van der Waals surface area contributed by atoms with Crippen molar-refractivity contribution < 1.29 is 4.39 Å². The fourth-order valence-corrected chi connectivity index (χ4v) is 3.92. The molecule has 31 heavy (non-hydrogen) atoms. The zero-order chi connectivity index (χ0) is 21.5. The van der Waals surface area contributed by atoms with Gasteiger partial charge in [-0.2, -0.15) is 5.10 Å². The van der Waals surface area contributed by atoms with E-state index in [0.717, 1.165) is 24.2 Å². The van der Waals surface area contributed by atoms with Gasteiger partial charge in [0.1, 0.15) is 5.82 Å². The van der Waals surface area contributed by atoms with Gasteiger partial charge in [0.25, 0.3) is 5.56 Å². The number of aromatic nitrogens is 2. The van der Waals surface area contributed by atoms with Crippen LogP contribution in [0.15, 0.2) is 71.3 Å². The van der Waals surface area contributed by atoms with Crippen LogP contribution in [0.4, 0.5) is 4.39 Å². The number of nitrogens with one attached hydrogen (secondary N) is 1. The molecule has 1 unspecified atom stereocenters. The van der Waals surface area contributed by atoms with Gasteiger partial charge in [-0.15, -0.1) is 0 Å². The molecular formula is C24H22ClFN4O. The average Bonchev–Trinajstić information content (AvgIpc) is 3.60. The number of hydrogen-bond donors (Lipinski definition) is 1. The predicted molar refractivity (Wildman–Crippen MR) is 121 cm³/mol. The maximum atomic E-state index is 15.5. The van der Waals surface area contributed by atoms with E-state index in [2.05, 4.69) is 10.4 Å². The molecule has 2 aliphatic rings. The Morgan fingerprint density at radius 3 is 2.52 bits per heavy atom. The monoisotopic (exact) mass is 436 g/mol. The summed E-state index contributed by atoms with van der Waals surface area (Å²) in [6.07, 6.45) is 4.50. The SMILES string of the molecule is CN1C(NC2CC2)=CC=C(c2nn(Cc3ccc(Cl)cc3)c(=O)c3ccccc23)C1F. The molecule has 158 valence electrons. The summed E-state index contributed by atoms with van der Waals surface area (Å²) in [6, 6.07) is 14.9. The summed E-state index contributed by atoms with van der Waals surface area (Å²) in [5, 5.41) is 9.76. The van der Waals surface area contributed by atoms with Crippen molar-refractivity contribution in [1.29, 1.82) is 0 Å². The lowest BCUT2D eigenvalue weighted by molar-refractivity contribution is 0.188. The first-order valence-corrected chi connectivity index (χ1v) is 10.7. The number of allylic oxidation sites excluding steroid dienone is 2. The number of alkyl halides is 1. The molecule has 2 heterocycles. The second kappa shape index (κ2) is 7.85. The van der Waals surface area contributed by atoms with Crippen molar-refractivity contribution in [2.45, 2.75) is 31.7 Å². The summed E-state index contributed by atoms with van der Waals surface area (Å²) >= 11 is 5.98. The molecule has 0 radical (unpaired) electrons. The molecule has 1 aliphatic heterocycles. The van der Waals surface area contributed by atoms with Crippen LogP contribution in [-0.4, -0.2) is 34.1 Å². The number of benzene rings is 2. The molecule has 0 spiro atoms. The Balaban J connectivity index is 1.61. The molecule has 0 bridgehead atoms. The lowest BCUT2D eigenvalue weighted by Crippen LogP contribution is -2.38. The summed E-state index contributed by atoms with van der Waals surface area (Å²) in [7, 11) is 1.73. The van der Waals surface area contributed by atoms with E-state index in [9.17, 15) is 4.79 Å². The van der Waals surface area contributed by atoms with Crippen LogP contribution in [0.3, 0.4) is 0 Å². The number of halogens is 2. The van der Waals surface area contributed by atoms with Gasteiger partial charge in [0.2, 0.25) is 6.30 Å². The summed E-state index contributed by atoms with van der Waals surface area (Å²) in [5.74, 6) is 0.762. The third-order valence-corrected chi connectivity index (χ3v) is 5.97. The first kappa shape index (κ1) is 19.8. The molecule has 1 N–H and O–H groups in total. The first-order valence-electron chi connectivity index (χ1n) is 10.3. The molecule has 2 aromatic carbocycles. The molecule has 5 rings (SSSR count). The van der Waals surface area contributed by atoms with Crippen molar-refractivity contribution in [3.63, 3.8) is 0 Å². The van der Waals surface area contributed by atoms with Gasteiger partial charge in [-0.1, -0.05) is 41.9 Å². The molecule has 0 amide bonds. The molecular weight excluding hydrogens is 415 g/mol. The zero-order valence-electron chi connectivity index (χ0n) is 17.1.